The molecule has 0 aromatic rings. The molecule has 3 rings (SSSR count). The van der Waals surface area contributed by atoms with Crippen LogP contribution < -0.4 is 21.3 Å². The van der Waals surface area contributed by atoms with Gasteiger partial charge in [0.15, 0.2) is 11.6 Å². The third-order valence-corrected chi connectivity index (χ3v) is 9.58. The summed E-state index contributed by atoms with van der Waals surface area (Å²) in [5.74, 6) is -0.526. The van der Waals surface area contributed by atoms with E-state index >= 15 is 0 Å². The van der Waals surface area contributed by atoms with Crippen LogP contribution >= 0.6 is 11.8 Å². The first-order valence-corrected chi connectivity index (χ1v) is 16.2. The lowest BCUT2D eigenvalue weighted by Crippen LogP contribution is -2.47. The molecular weight excluding hydrogens is 562 g/mol. The van der Waals surface area contributed by atoms with Gasteiger partial charge in [-0.05, 0) is 50.0 Å². The first kappa shape index (κ1) is 33.4. The molecule has 5 atom stereocenters. The number of thioether (sulfide) groups is 1. The van der Waals surface area contributed by atoms with Crippen molar-refractivity contribution in [3.63, 3.8) is 0 Å². The molecule has 0 bridgehead atoms. The molecule has 2 aliphatic heterocycles. The first-order valence-electron chi connectivity index (χ1n) is 15.1. The molecule has 3 aliphatic rings. The zero-order valence-corrected chi connectivity index (χ0v) is 24.9. The van der Waals surface area contributed by atoms with Crippen molar-refractivity contribution in [1.82, 2.24) is 21.3 Å². The fourth-order valence-corrected chi connectivity index (χ4v) is 7.27. The van der Waals surface area contributed by atoms with Gasteiger partial charge in [-0.2, -0.15) is 11.8 Å². The van der Waals surface area contributed by atoms with Crippen LogP contribution in [-0.2, 0) is 24.0 Å². The Bertz CT molecular complexity index is 1050. The quantitative estimate of drug-likeness (QED) is 0.0433. The van der Waals surface area contributed by atoms with E-state index in [0.717, 1.165) is 31.4 Å². The zero-order valence-electron chi connectivity index (χ0n) is 24.1. The van der Waals surface area contributed by atoms with Gasteiger partial charge in [0.25, 0.3) is 0 Å². The highest BCUT2D eigenvalue weighted by Gasteiger charge is 2.42. The summed E-state index contributed by atoms with van der Waals surface area (Å²) in [5.41, 5.74) is 8.38. The SMILES string of the molecule is [N-]=[N+]=NCCCNC(=O)[C@H](CCCCCC(=O)CCCC[C@@H]1SC[C@@H]2NC(=O)N[C@@H]21)NC(=O)CC1CCC(=O)C(=O)C1. The summed E-state index contributed by atoms with van der Waals surface area (Å²) >= 11 is 1.88. The molecule has 13 nitrogen and oxygen atoms in total. The minimum atomic E-state index is -0.749. The molecule has 2 saturated heterocycles. The van der Waals surface area contributed by atoms with Crippen molar-refractivity contribution >= 4 is 47.0 Å². The normalized spacial score (nSPS) is 23.8. The maximum atomic E-state index is 12.8. The van der Waals surface area contributed by atoms with Crippen LogP contribution in [-0.4, -0.2) is 77.4 Å². The Balaban J connectivity index is 1.32. The Morgan fingerprint density at radius 1 is 1.02 bits per heavy atom. The topological polar surface area (TPSA) is 199 Å². The first-order chi connectivity index (χ1) is 20.3. The molecule has 42 heavy (non-hydrogen) atoms. The van der Waals surface area contributed by atoms with E-state index in [-0.39, 0.29) is 73.2 Å². The number of unbranched alkanes of at least 4 members (excludes halogenated alkanes) is 3. The van der Waals surface area contributed by atoms with Crippen molar-refractivity contribution < 1.29 is 28.8 Å². The van der Waals surface area contributed by atoms with Crippen molar-refractivity contribution in [2.45, 2.75) is 113 Å². The van der Waals surface area contributed by atoms with Crippen LogP contribution in [0.15, 0.2) is 5.11 Å². The van der Waals surface area contributed by atoms with E-state index in [9.17, 15) is 28.8 Å². The van der Waals surface area contributed by atoms with E-state index in [1.807, 2.05) is 11.8 Å². The predicted molar refractivity (Wildman–Crippen MR) is 158 cm³/mol. The van der Waals surface area contributed by atoms with Gasteiger partial charge >= 0.3 is 6.03 Å². The summed E-state index contributed by atoms with van der Waals surface area (Å²) in [4.78, 5) is 75.2. The molecule has 0 radical (unpaired) electrons. The van der Waals surface area contributed by atoms with Gasteiger partial charge < -0.3 is 21.3 Å². The molecule has 1 saturated carbocycles. The van der Waals surface area contributed by atoms with Crippen molar-refractivity contribution in [2.75, 3.05) is 18.8 Å². The largest absolute Gasteiger partial charge is 0.354 e. The number of ketones is 3. The molecule has 1 unspecified atom stereocenters. The summed E-state index contributed by atoms with van der Waals surface area (Å²) in [5, 5.41) is 15.3. The van der Waals surface area contributed by atoms with E-state index < -0.39 is 11.8 Å². The van der Waals surface area contributed by atoms with Crippen LogP contribution in [0, 0.1) is 5.92 Å². The van der Waals surface area contributed by atoms with Crippen molar-refractivity contribution in [3.8, 4) is 0 Å². The number of nitrogens with one attached hydrogen (secondary N) is 4. The smallest absolute Gasteiger partial charge is 0.315 e. The summed E-state index contributed by atoms with van der Waals surface area (Å²) in [7, 11) is 0. The van der Waals surface area contributed by atoms with Crippen LogP contribution in [0.4, 0.5) is 4.79 Å². The summed E-state index contributed by atoms with van der Waals surface area (Å²) < 4.78 is 0. The predicted octanol–water partition coefficient (Wildman–Crippen LogP) is 2.86. The number of Topliss-reactive ketones (excluding diaryl/α,β-unsaturated/α-hetero) is 3. The summed E-state index contributed by atoms with van der Waals surface area (Å²) in [6.45, 7) is 0.566. The third-order valence-electron chi connectivity index (χ3n) is 8.07. The fraction of sp³-hybridized carbons (Fsp3) is 0.786. The van der Waals surface area contributed by atoms with Gasteiger partial charge in [-0.3, -0.25) is 24.0 Å². The maximum absolute atomic E-state index is 12.8. The lowest BCUT2D eigenvalue weighted by atomic mass is 9.85. The third kappa shape index (κ3) is 11.3. The van der Waals surface area contributed by atoms with Crippen molar-refractivity contribution in [3.05, 3.63) is 10.4 Å². The number of amides is 4. The van der Waals surface area contributed by atoms with Crippen LogP contribution in [0.1, 0.15) is 89.9 Å². The highest BCUT2D eigenvalue weighted by Crippen LogP contribution is 2.33. The highest BCUT2D eigenvalue weighted by molar-refractivity contribution is 8.00. The second-order valence-corrected chi connectivity index (χ2v) is 12.7. The molecule has 232 valence electrons. The molecule has 2 heterocycles. The number of urea groups is 1. The molecule has 0 aromatic heterocycles. The monoisotopic (exact) mass is 605 g/mol. The van der Waals surface area contributed by atoms with Gasteiger partial charge in [0, 0.05) is 61.1 Å². The van der Waals surface area contributed by atoms with Crippen LogP contribution in [0.2, 0.25) is 0 Å². The minimum absolute atomic E-state index is 0.0623. The highest BCUT2D eigenvalue weighted by atomic mass is 32.2. The van der Waals surface area contributed by atoms with Crippen LogP contribution in [0.5, 0.6) is 0 Å². The second kappa shape index (κ2) is 17.7. The average molecular weight is 606 g/mol. The molecule has 4 amide bonds. The fourth-order valence-electron chi connectivity index (χ4n) is 5.72. The minimum Gasteiger partial charge on any atom is -0.354 e. The van der Waals surface area contributed by atoms with Gasteiger partial charge in [0.1, 0.15) is 11.8 Å². The molecule has 0 aromatic carbocycles. The second-order valence-electron chi connectivity index (χ2n) is 11.4. The van der Waals surface area contributed by atoms with E-state index in [0.29, 0.717) is 56.7 Å². The molecular formula is C28H43N7O6S. The van der Waals surface area contributed by atoms with Crippen molar-refractivity contribution in [1.29, 1.82) is 0 Å². The number of carbonyl (C=O) groups is 6. The van der Waals surface area contributed by atoms with E-state index in [1.54, 1.807) is 0 Å². The number of hydrogen-bond donors (Lipinski definition) is 4. The summed E-state index contributed by atoms with van der Waals surface area (Å²) in [6.07, 6.45) is 7.59. The number of azide groups is 1. The number of fused-ring (bicyclic) bond motifs is 1. The van der Waals surface area contributed by atoms with Crippen LogP contribution in [0.25, 0.3) is 10.4 Å². The van der Waals surface area contributed by atoms with E-state index in [4.69, 9.17) is 5.53 Å². The summed E-state index contributed by atoms with van der Waals surface area (Å²) in [6, 6.07) is -0.431. The molecule has 1 aliphatic carbocycles. The van der Waals surface area contributed by atoms with Gasteiger partial charge in [-0.25, -0.2) is 4.79 Å². The molecule has 0 spiro atoms. The Labute approximate surface area is 250 Å². The Morgan fingerprint density at radius 3 is 2.57 bits per heavy atom. The van der Waals surface area contributed by atoms with Gasteiger partial charge in [0.05, 0.1) is 12.1 Å². The van der Waals surface area contributed by atoms with Crippen molar-refractivity contribution in [2.24, 2.45) is 11.0 Å². The Kier molecular flexibility index (Phi) is 14.1. The number of carbonyl (C=O) groups excluding carboxylic acids is 6. The standard InChI is InChI=1S/C28H43N7O6S/c29-35-31-14-6-13-30-27(40)20(32-25(39)16-18-11-12-22(37)23(38)15-18)9-3-1-2-7-19(36)8-4-5-10-24-26-21(17-42-24)33-28(41)34-26/h18,20-21,24,26H,1-17H2,(H,30,40)(H,32,39)(H2,33,34,41)/t18?,20-,21-,24-,26-/m0/s1. The molecule has 3 fully saturated rings. The number of nitrogens with zero attached hydrogens (tertiary/aromatic N) is 3. The number of hydrogen-bond acceptors (Lipinski definition) is 8. The maximum Gasteiger partial charge on any atom is 0.315 e. The Morgan fingerprint density at radius 2 is 1.81 bits per heavy atom. The molecule has 14 heteroatoms. The lowest BCUT2D eigenvalue weighted by molar-refractivity contribution is -0.139. The van der Waals surface area contributed by atoms with Gasteiger partial charge in [-0.15, -0.1) is 0 Å². The average Bonchev–Trinajstić information content (AvgIpc) is 3.51. The Hall–Kier alpha value is -3.12. The van der Waals surface area contributed by atoms with Gasteiger partial charge in [0.2, 0.25) is 11.8 Å². The van der Waals surface area contributed by atoms with Gasteiger partial charge in [-0.1, -0.05) is 24.4 Å². The zero-order chi connectivity index (χ0) is 30.3. The number of rotatable bonds is 19. The lowest BCUT2D eigenvalue weighted by Gasteiger charge is -2.22. The van der Waals surface area contributed by atoms with Crippen LogP contribution in [0.3, 0.4) is 0 Å². The molecule has 4 N–H and O–H groups in total. The van der Waals surface area contributed by atoms with E-state index in [2.05, 4.69) is 31.3 Å². The van der Waals surface area contributed by atoms with E-state index in [1.165, 1.54) is 0 Å².